The first kappa shape index (κ1) is 14.0. The van der Waals surface area contributed by atoms with E-state index >= 15 is 0 Å². The fourth-order valence-electron chi connectivity index (χ4n) is 1.70. The summed E-state index contributed by atoms with van der Waals surface area (Å²) in [6.45, 7) is 0.0107. The Morgan fingerprint density at radius 1 is 1.21 bits per heavy atom. The molecule has 0 aliphatic carbocycles. The van der Waals surface area contributed by atoms with Crippen LogP contribution in [0, 0.1) is 0 Å². The first-order valence-electron chi connectivity index (χ1n) is 5.95. The monoisotopic (exact) mass is 283 g/mol. The lowest BCUT2D eigenvalue weighted by Crippen LogP contribution is -2.17. The molecule has 2 nitrogen and oxygen atoms in total. The summed E-state index contributed by atoms with van der Waals surface area (Å²) in [5.41, 5.74) is 1.03. The molecule has 0 amide bonds. The summed E-state index contributed by atoms with van der Waals surface area (Å²) in [4.78, 5) is 1.28. The molecule has 0 spiro atoms. The molecule has 1 aromatic heterocycles. The molecule has 0 unspecified atom stereocenters. The normalized spacial score (nSPS) is 12.6. The predicted molar refractivity (Wildman–Crippen MR) is 72.6 cm³/mol. The molecule has 0 saturated heterocycles. The van der Waals surface area contributed by atoms with Crippen molar-refractivity contribution in [2.45, 2.75) is 26.1 Å². The Labute approximate surface area is 115 Å². The number of hydrogen-bond acceptors (Lipinski definition) is 3. The molecule has 1 heterocycles. The van der Waals surface area contributed by atoms with Gasteiger partial charge in [-0.3, -0.25) is 0 Å². The molecule has 1 aromatic carbocycles. The molecule has 19 heavy (non-hydrogen) atoms. The third-order valence-corrected chi connectivity index (χ3v) is 3.79. The lowest BCUT2D eigenvalue weighted by molar-refractivity contribution is -0.0498. The molecular weight excluding hydrogens is 268 g/mol. The maximum atomic E-state index is 12.0. The quantitative estimate of drug-likeness (QED) is 0.858. The van der Waals surface area contributed by atoms with Crippen LogP contribution in [-0.4, -0.2) is 6.61 Å². The van der Waals surface area contributed by atoms with Crippen molar-refractivity contribution in [3.05, 3.63) is 52.2 Å². The molecular formula is C14H15F2NOS. The van der Waals surface area contributed by atoms with Gasteiger partial charge in [0.2, 0.25) is 0 Å². The number of rotatable bonds is 6. The average molecular weight is 283 g/mol. The first-order valence-corrected chi connectivity index (χ1v) is 6.83. The van der Waals surface area contributed by atoms with Gasteiger partial charge in [0, 0.05) is 17.5 Å². The van der Waals surface area contributed by atoms with E-state index in [1.54, 1.807) is 35.6 Å². The van der Waals surface area contributed by atoms with Crippen molar-refractivity contribution in [1.29, 1.82) is 0 Å². The van der Waals surface area contributed by atoms with Gasteiger partial charge >= 0.3 is 6.61 Å². The summed E-state index contributed by atoms with van der Waals surface area (Å²) in [5, 5.41) is 5.43. The molecule has 0 fully saturated rings. The van der Waals surface area contributed by atoms with Gasteiger partial charge in [0.25, 0.3) is 0 Å². The molecule has 0 aliphatic rings. The molecule has 102 valence electrons. The van der Waals surface area contributed by atoms with Crippen LogP contribution in [0.25, 0.3) is 0 Å². The molecule has 2 aromatic rings. The largest absolute Gasteiger partial charge is 0.435 e. The lowest BCUT2D eigenvalue weighted by atomic mass is 10.2. The molecule has 0 aliphatic heterocycles. The predicted octanol–water partition coefficient (Wildman–Crippen LogP) is 4.20. The van der Waals surface area contributed by atoms with Crippen LogP contribution < -0.4 is 10.1 Å². The highest BCUT2D eigenvalue weighted by Gasteiger charge is 2.06. The van der Waals surface area contributed by atoms with Gasteiger partial charge in [-0.05, 0) is 36.1 Å². The van der Waals surface area contributed by atoms with Crippen LogP contribution >= 0.6 is 11.3 Å². The van der Waals surface area contributed by atoms with Crippen LogP contribution in [0.1, 0.15) is 23.4 Å². The van der Waals surface area contributed by atoms with Crippen LogP contribution in [0.3, 0.4) is 0 Å². The van der Waals surface area contributed by atoms with E-state index in [0.717, 1.165) is 5.56 Å². The molecule has 0 bridgehead atoms. The standard InChI is InChI=1S/C14H15F2NOS/c1-10(13-3-2-8-19-13)17-9-11-4-6-12(7-5-11)18-14(15)16/h2-8,10,14,17H,9H2,1H3/t10-/m0/s1. The van der Waals surface area contributed by atoms with Crippen molar-refractivity contribution < 1.29 is 13.5 Å². The molecule has 0 radical (unpaired) electrons. The molecule has 1 atom stereocenters. The minimum absolute atomic E-state index is 0.185. The van der Waals surface area contributed by atoms with E-state index in [0.29, 0.717) is 6.54 Å². The maximum Gasteiger partial charge on any atom is 0.387 e. The Bertz CT molecular complexity index is 485. The van der Waals surface area contributed by atoms with E-state index in [9.17, 15) is 8.78 Å². The van der Waals surface area contributed by atoms with E-state index in [-0.39, 0.29) is 11.8 Å². The van der Waals surface area contributed by atoms with Gasteiger partial charge in [-0.2, -0.15) is 8.78 Å². The minimum Gasteiger partial charge on any atom is -0.435 e. The van der Waals surface area contributed by atoms with Crippen molar-refractivity contribution in [1.82, 2.24) is 5.32 Å². The first-order chi connectivity index (χ1) is 9.15. The van der Waals surface area contributed by atoms with Crippen LogP contribution in [0.5, 0.6) is 5.75 Å². The van der Waals surface area contributed by atoms with Gasteiger partial charge in [-0.1, -0.05) is 18.2 Å². The van der Waals surface area contributed by atoms with Crippen LogP contribution in [0.15, 0.2) is 41.8 Å². The van der Waals surface area contributed by atoms with E-state index in [1.165, 1.54) is 4.88 Å². The smallest absolute Gasteiger partial charge is 0.387 e. The van der Waals surface area contributed by atoms with Crippen LogP contribution in [0.4, 0.5) is 8.78 Å². The summed E-state index contributed by atoms with van der Waals surface area (Å²) in [5.74, 6) is 0.185. The lowest BCUT2D eigenvalue weighted by Gasteiger charge is -2.12. The van der Waals surface area contributed by atoms with Gasteiger partial charge in [0.05, 0.1) is 0 Å². The van der Waals surface area contributed by atoms with Crippen molar-refractivity contribution in [2.24, 2.45) is 0 Å². The van der Waals surface area contributed by atoms with Gasteiger partial charge < -0.3 is 10.1 Å². The number of benzene rings is 1. The third-order valence-electron chi connectivity index (χ3n) is 2.73. The number of hydrogen-bond donors (Lipinski definition) is 1. The summed E-state index contributed by atoms with van der Waals surface area (Å²) < 4.78 is 28.3. The second-order valence-corrected chi connectivity index (χ2v) is 5.12. The zero-order chi connectivity index (χ0) is 13.7. The molecule has 2 rings (SSSR count). The molecule has 0 saturated carbocycles. The highest BCUT2D eigenvalue weighted by atomic mass is 32.1. The summed E-state index contributed by atoms with van der Waals surface area (Å²) in [7, 11) is 0. The van der Waals surface area contributed by atoms with E-state index in [1.807, 2.05) is 11.4 Å². The number of alkyl halides is 2. The zero-order valence-corrected chi connectivity index (χ0v) is 11.3. The van der Waals surface area contributed by atoms with Gasteiger partial charge in [-0.15, -0.1) is 11.3 Å². The van der Waals surface area contributed by atoms with Crippen molar-refractivity contribution in [3.8, 4) is 5.75 Å². The molecule has 5 heteroatoms. The van der Waals surface area contributed by atoms with Crippen LogP contribution in [0.2, 0.25) is 0 Å². The Balaban J connectivity index is 1.86. The van der Waals surface area contributed by atoms with E-state index in [4.69, 9.17) is 0 Å². The second kappa shape index (κ2) is 6.63. The topological polar surface area (TPSA) is 21.3 Å². The Morgan fingerprint density at radius 2 is 1.95 bits per heavy atom. The number of thiophene rings is 1. The third kappa shape index (κ3) is 4.29. The second-order valence-electron chi connectivity index (χ2n) is 4.14. The Morgan fingerprint density at radius 3 is 2.53 bits per heavy atom. The zero-order valence-electron chi connectivity index (χ0n) is 10.5. The highest BCUT2D eigenvalue weighted by molar-refractivity contribution is 7.10. The minimum atomic E-state index is -2.78. The van der Waals surface area contributed by atoms with E-state index in [2.05, 4.69) is 23.0 Å². The number of nitrogens with one attached hydrogen (secondary N) is 1. The number of ether oxygens (including phenoxy) is 1. The van der Waals surface area contributed by atoms with Crippen LogP contribution in [-0.2, 0) is 6.54 Å². The summed E-state index contributed by atoms with van der Waals surface area (Å²) >= 11 is 1.71. The summed E-state index contributed by atoms with van der Waals surface area (Å²) in [6, 6.07) is 11.1. The van der Waals surface area contributed by atoms with E-state index < -0.39 is 6.61 Å². The van der Waals surface area contributed by atoms with Crippen molar-refractivity contribution >= 4 is 11.3 Å². The van der Waals surface area contributed by atoms with Crippen molar-refractivity contribution in [2.75, 3.05) is 0 Å². The summed E-state index contributed by atoms with van der Waals surface area (Å²) in [6.07, 6.45) is 0. The highest BCUT2D eigenvalue weighted by Crippen LogP contribution is 2.19. The fourth-order valence-corrected chi connectivity index (χ4v) is 2.46. The fraction of sp³-hybridized carbons (Fsp3) is 0.286. The number of halogens is 2. The SMILES string of the molecule is C[C@H](NCc1ccc(OC(F)F)cc1)c1cccs1. The van der Waals surface area contributed by atoms with Crippen molar-refractivity contribution in [3.63, 3.8) is 0 Å². The Kier molecular flexibility index (Phi) is 4.87. The Hall–Kier alpha value is -1.46. The van der Waals surface area contributed by atoms with Gasteiger partial charge in [0.15, 0.2) is 0 Å². The average Bonchev–Trinajstić information content (AvgIpc) is 2.91. The van der Waals surface area contributed by atoms with Gasteiger partial charge in [-0.25, -0.2) is 0 Å². The van der Waals surface area contributed by atoms with Gasteiger partial charge in [0.1, 0.15) is 5.75 Å². The molecule has 1 N–H and O–H groups in total. The maximum absolute atomic E-state index is 12.0.